The van der Waals surface area contributed by atoms with Crippen molar-refractivity contribution in [1.29, 1.82) is 0 Å². The molecule has 14 heavy (non-hydrogen) atoms. The van der Waals surface area contributed by atoms with Crippen molar-refractivity contribution in [3.05, 3.63) is 36.4 Å². The van der Waals surface area contributed by atoms with Crippen molar-refractivity contribution in [2.75, 3.05) is 7.11 Å². The zero-order valence-corrected chi connectivity index (χ0v) is 8.82. The minimum Gasteiger partial charge on any atom is -0.497 e. The highest BCUT2D eigenvalue weighted by Gasteiger charge is 1.94. The Morgan fingerprint density at radius 2 is 1.93 bits per heavy atom. The van der Waals surface area contributed by atoms with Crippen molar-refractivity contribution < 1.29 is 9.47 Å². The summed E-state index contributed by atoms with van der Waals surface area (Å²) in [6.07, 6.45) is 2.14. The molecule has 0 saturated carbocycles. The maximum absolute atomic E-state index is 5.37. The second-order valence-corrected chi connectivity index (χ2v) is 3.11. The molecule has 77 valence electrons. The highest BCUT2D eigenvalue weighted by atomic mass is 16.5. The van der Waals surface area contributed by atoms with Crippen LogP contribution < -0.4 is 4.74 Å². The van der Waals surface area contributed by atoms with Crippen LogP contribution in [0, 0.1) is 6.61 Å². The molecule has 2 heteroatoms. The van der Waals surface area contributed by atoms with Crippen LogP contribution >= 0.6 is 0 Å². The van der Waals surface area contributed by atoms with Gasteiger partial charge in [0.05, 0.1) is 20.3 Å². The van der Waals surface area contributed by atoms with E-state index in [0.29, 0.717) is 6.61 Å². The Labute approximate surface area is 85.8 Å². The third-order valence-electron chi connectivity index (χ3n) is 1.93. The second-order valence-electron chi connectivity index (χ2n) is 3.11. The van der Waals surface area contributed by atoms with Crippen molar-refractivity contribution in [2.45, 2.75) is 26.4 Å². The average molecular weight is 193 g/mol. The van der Waals surface area contributed by atoms with Crippen molar-refractivity contribution in [1.82, 2.24) is 0 Å². The lowest BCUT2D eigenvalue weighted by molar-refractivity contribution is 0.178. The number of hydrogen-bond donors (Lipinski definition) is 0. The number of hydrogen-bond acceptors (Lipinski definition) is 2. The Morgan fingerprint density at radius 3 is 2.50 bits per heavy atom. The Kier molecular flexibility index (Phi) is 5.08. The predicted octanol–water partition coefficient (Wildman–Crippen LogP) is 3.17. The Bertz CT molecular complexity index is 241. The smallest absolute Gasteiger partial charge is 0.118 e. The molecule has 0 atom stereocenters. The van der Waals surface area contributed by atoms with E-state index in [2.05, 4.69) is 6.92 Å². The van der Waals surface area contributed by atoms with Crippen LogP contribution in [0.25, 0.3) is 0 Å². The first-order valence-corrected chi connectivity index (χ1v) is 4.93. The van der Waals surface area contributed by atoms with Gasteiger partial charge in [-0.3, -0.25) is 0 Å². The third-order valence-corrected chi connectivity index (χ3v) is 1.93. The molecule has 0 fully saturated rings. The summed E-state index contributed by atoms with van der Waals surface area (Å²) in [5.74, 6) is 0.881. The van der Waals surface area contributed by atoms with E-state index in [-0.39, 0.29) is 0 Å². The lowest BCUT2D eigenvalue weighted by atomic mass is 10.2. The van der Waals surface area contributed by atoms with Crippen molar-refractivity contribution in [2.24, 2.45) is 0 Å². The Balaban J connectivity index is 2.29. The summed E-state index contributed by atoms with van der Waals surface area (Å²) < 4.78 is 10.4. The van der Waals surface area contributed by atoms with E-state index in [4.69, 9.17) is 9.47 Å². The molecule has 0 heterocycles. The summed E-state index contributed by atoms with van der Waals surface area (Å²) in [5.41, 5.74) is 1.16. The standard InChI is InChI=1S/C12H17O2/c1-3-4-9-14-10-11-5-7-12(13-2)8-6-11/h5-9H,3-4,10H2,1-2H3. The molecule has 0 aliphatic heterocycles. The van der Waals surface area contributed by atoms with Crippen LogP contribution in [-0.2, 0) is 11.3 Å². The lowest BCUT2D eigenvalue weighted by Gasteiger charge is -2.04. The van der Waals surface area contributed by atoms with Gasteiger partial charge in [-0.1, -0.05) is 25.5 Å². The minimum atomic E-state index is 0.643. The Morgan fingerprint density at radius 1 is 1.21 bits per heavy atom. The molecule has 0 saturated heterocycles. The largest absolute Gasteiger partial charge is 0.497 e. The maximum atomic E-state index is 5.37. The average Bonchev–Trinajstić information content (AvgIpc) is 2.25. The fraction of sp³-hybridized carbons (Fsp3) is 0.417. The monoisotopic (exact) mass is 193 g/mol. The van der Waals surface area contributed by atoms with Gasteiger partial charge in [-0.25, -0.2) is 0 Å². The van der Waals surface area contributed by atoms with E-state index >= 15 is 0 Å². The van der Waals surface area contributed by atoms with Gasteiger partial charge in [-0.05, 0) is 24.1 Å². The summed E-state index contributed by atoms with van der Waals surface area (Å²) in [5, 5.41) is 0. The third kappa shape index (κ3) is 3.79. The van der Waals surface area contributed by atoms with Gasteiger partial charge in [0.25, 0.3) is 0 Å². The maximum Gasteiger partial charge on any atom is 0.118 e. The fourth-order valence-electron chi connectivity index (χ4n) is 1.08. The highest BCUT2D eigenvalue weighted by molar-refractivity contribution is 5.26. The van der Waals surface area contributed by atoms with Gasteiger partial charge in [-0.15, -0.1) is 0 Å². The molecule has 2 nitrogen and oxygen atoms in total. The topological polar surface area (TPSA) is 18.5 Å². The van der Waals surface area contributed by atoms with Crippen molar-refractivity contribution in [3.8, 4) is 5.75 Å². The van der Waals surface area contributed by atoms with Crippen LogP contribution in [-0.4, -0.2) is 7.11 Å². The van der Waals surface area contributed by atoms with Crippen molar-refractivity contribution >= 4 is 0 Å². The van der Waals surface area contributed by atoms with Gasteiger partial charge in [0.1, 0.15) is 5.75 Å². The van der Waals surface area contributed by atoms with E-state index in [0.717, 1.165) is 24.2 Å². The van der Waals surface area contributed by atoms with Crippen LogP contribution in [0.15, 0.2) is 24.3 Å². The molecule has 0 bridgehead atoms. The highest BCUT2D eigenvalue weighted by Crippen LogP contribution is 2.12. The molecule has 0 aliphatic rings. The summed E-state index contributed by atoms with van der Waals surface area (Å²) in [6.45, 7) is 4.64. The first kappa shape index (κ1) is 11.1. The van der Waals surface area contributed by atoms with Gasteiger partial charge in [0.2, 0.25) is 0 Å². The van der Waals surface area contributed by atoms with Crippen LogP contribution in [0.3, 0.4) is 0 Å². The summed E-state index contributed by atoms with van der Waals surface area (Å²) in [7, 11) is 1.67. The van der Waals surface area contributed by atoms with E-state index in [1.165, 1.54) is 0 Å². The van der Waals surface area contributed by atoms with Gasteiger partial charge in [-0.2, -0.15) is 0 Å². The number of rotatable bonds is 6. The van der Waals surface area contributed by atoms with E-state index in [9.17, 15) is 0 Å². The van der Waals surface area contributed by atoms with E-state index < -0.39 is 0 Å². The molecule has 0 unspecified atom stereocenters. The number of methoxy groups -OCH3 is 1. The van der Waals surface area contributed by atoms with Crippen molar-refractivity contribution in [3.63, 3.8) is 0 Å². The molecule has 1 aromatic carbocycles. The SMILES string of the molecule is CCC[CH]OCc1ccc(OC)cc1. The summed E-state index contributed by atoms with van der Waals surface area (Å²) in [4.78, 5) is 0. The predicted molar refractivity (Wildman–Crippen MR) is 57.0 cm³/mol. The molecular weight excluding hydrogens is 176 g/mol. The molecule has 0 aliphatic carbocycles. The van der Waals surface area contributed by atoms with Crippen LogP contribution in [0.1, 0.15) is 25.3 Å². The van der Waals surface area contributed by atoms with E-state index in [1.54, 1.807) is 7.11 Å². The molecule has 1 radical (unpaired) electrons. The van der Waals surface area contributed by atoms with Crippen LogP contribution in [0.5, 0.6) is 5.75 Å². The van der Waals surface area contributed by atoms with Gasteiger partial charge < -0.3 is 9.47 Å². The quantitative estimate of drug-likeness (QED) is 0.646. The van der Waals surface area contributed by atoms with Crippen LogP contribution in [0.4, 0.5) is 0 Å². The van der Waals surface area contributed by atoms with Gasteiger partial charge in [0, 0.05) is 0 Å². The van der Waals surface area contributed by atoms with Crippen LogP contribution in [0.2, 0.25) is 0 Å². The molecule has 0 spiro atoms. The molecule has 1 rings (SSSR count). The zero-order valence-electron chi connectivity index (χ0n) is 8.82. The van der Waals surface area contributed by atoms with Gasteiger partial charge in [0.15, 0.2) is 0 Å². The lowest BCUT2D eigenvalue weighted by Crippen LogP contribution is -1.90. The molecular formula is C12H17O2. The first-order chi connectivity index (χ1) is 6.86. The zero-order chi connectivity index (χ0) is 10.2. The summed E-state index contributed by atoms with van der Waals surface area (Å²) in [6, 6.07) is 7.91. The van der Waals surface area contributed by atoms with E-state index in [1.807, 2.05) is 30.9 Å². The minimum absolute atomic E-state index is 0.643. The molecule has 1 aromatic rings. The Hall–Kier alpha value is -1.02. The molecule has 0 amide bonds. The molecule has 0 N–H and O–H groups in total. The number of ether oxygens (including phenoxy) is 2. The number of unbranched alkanes of at least 4 members (excludes halogenated alkanes) is 1. The summed E-state index contributed by atoms with van der Waals surface area (Å²) >= 11 is 0. The fourth-order valence-corrected chi connectivity index (χ4v) is 1.08. The first-order valence-electron chi connectivity index (χ1n) is 4.93. The number of benzene rings is 1. The normalized spacial score (nSPS) is 10.1. The second kappa shape index (κ2) is 6.44. The molecule has 0 aromatic heterocycles. The van der Waals surface area contributed by atoms with Gasteiger partial charge >= 0.3 is 0 Å².